The average molecular weight is 308 g/mol. The van der Waals surface area contributed by atoms with Gasteiger partial charge >= 0.3 is 0 Å². The minimum Gasteiger partial charge on any atom is -0.494 e. The van der Waals surface area contributed by atoms with E-state index < -0.39 is 4.92 Å². The molecule has 122 valence electrons. The zero-order valence-electron chi connectivity index (χ0n) is 13.2. The highest BCUT2D eigenvalue weighted by Crippen LogP contribution is 2.17. The molecule has 22 heavy (non-hydrogen) atoms. The number of non-ortho nitro benzene ring substituents is 1. The van der Waals surface area contributed by atoms with E-state index >= 15 is 0 Å². The highest BCUT2D eigenvalue weighted by atomic mass is 16.6. The number of nitro benzene ring substituents is 1. The van der Waals surface area contributed by atoms with Crippen LogP contribution in [0.3, 0.4) is 0 Å². The average Bonchev–Trinajstić information content (AvgIpc) is 2.46. The van der Waals surface area contributed by atoms with Gasteiger partial charge in [0.1, 0.15) is 5.75 Å². The smallest absolute Gasteiger partial charge is 0.269 e. The van der Waals surface area contributed by atoms with Crippen LogP contribution in [0.15, 0.2) is 24.3 Å². The van der Waals surface area contributed by atoms with Crippen molar-refractivity contribution in [2.75, 3.05) is 26.2 Å². The van der Waals surface area contributed by atoms with E-state index in [2.05, 4.69) is 18.7 Å². The zero-order chi connectivity index (χ0) is 15.9. The topological polar surface area (TPSA) is 64.8 Å². The summed E-state index contributed by atoms with van der Waals surface area (Å²) in [7, 11) is 0. The van der Waals surface area contributed by atoms with Gasteiger partial charge in [-0.2, -0.15) is 0 Å². The third-order valence-electron chi connectivity index (χ3n) is 3.68. The monoisotopic (exact) mass is 308 g/mol. The van der Waals surface area contributed by atoms with Gasteiger partial charge in [0.05, 0.1) is 23.7 Å². The molecule has 1 heterocycles. The van der Waals surface area contributed by atoms with Gasteiger partial charge in [0.15, 0.2) is 0 Å². The minimum atomic E-state index is -0.409. The predicted octanol–water partition coefficient (Wildman–Crippen LogP) is 2.86. The van der Waals surface area contributed by atoms with E-state index in [1.165, 1.54) is 12.1 Å². The summed E-state index contributed by atoms with van der Waals surface area (Å²) in [5.74, 6) is 0.680. The Labute approximate surface area is 131 Å². The fourth-order valence-corrected chi connectivity index (χ4v) is 2.76. The molecule has 0 N–H and O–H groups in total. The second-order valence-electron chi connectivity index (χ2n) is 5.82. The van der Waals surface area contributed by atoms with Crippen LogP contribution in [0.1, 0.15) is 26.7 Å². The number of unbranched alkanes of at least 4 members (excludes halogenated alkanes) is 1. The van der Waals surface area contributed by atoms with E-state index in [-0.39, 0.29) is 5.69 Å². The SMILES string of the molecule is C[C@@H]1CN(CCCCOc2ccc([N+](=O)[O-])cc2)C[C@@H](C)O1. The van der Waals surface area contributed by atoms with E-state index in [1.54, 1.807) is 12.1 Å². The van der Waals surface area contributed by atoms with Crippen molar-refractivity contribution in [3.8, 4) is 5.75 Å². The lowest BCUT2D eigenvalue weighted by molar-refractivity contribution is -0.384. The second kappa shape index (κ2) is 8.10. The van der Waals surface area contributed by atoms with E-state index in [0.717, 1.165) is 32.5 Å². The molecule has 2 rings (SSSR count). The van der Waals surface area contributed by atoms with Crippen LogP contribution in [-0.4, -0.2) is 48.3 Å². The molecule has 2 atom stereocenters. The number of benzene rings is 1. The van der Waals surface area contributed by atoms with Gasteiger partial charge in [-0.1, -0.05) is 0 Å². The van der Waals surface area contributed by atoms with Crippen molar-refractivity contribution < 1.29 is 14.4 Å². The van der Waals surface area contributed by atoms with E-state index in [1.807, 2.05) is 0 Å². The van der Waals surface area contributed by atoms with Crippen molar-refractivity contribution in [2.45, 2.75) is 38.9 Å². The minimum absolute atomic E-state index is 0.0860. The molecule has 0 amide bonds. The van der Waals surface area contributed by atoms with Crippen LogP contribution in [0.2, 0.25) is 0 Å². The summed E-state index contributed by atoms with van der Waals surface area (Å²) in [6.45, 7) is 7.90. The molecule has 6 heteroatoms. The maximum absolute atomic E-state index is 10.6. The highest BCUT2D eigenvalue weighted by Gasteiger charge is 2.21. The molecule has 0 aliphatic carbocycles. The fraction of sp³-hybridized carbons (Fsp3) is 0.625. The Kier molecular flexibility index (Phi) is 6.15. The normalized spacial score (nSPS) is 22.5. The van der Waals surface area contributed by atoms with Gasteiger partial charge in [-0.25, -0.2) is 0 Å². The van der Waals surface area contributed by atoms with Crippen molar-refractivity contribution >= 4 is 5.69 Å². The lowest BCUT2D eigenvalue weighted by Crippen LogP contribution is -2.45. The summed E-state index contributed by atoms with van der Waals surface area (Å²) in [5.41, 5.74) is 0.0860. The first-order valence-corrected chi connectivity index (χ1v) is 7.79. The van der Waals surface area contributed by atoms with Crippen molar-refractivity contribution in [1.82, 2.24) is 4.90 Å². The third kappa shape index (κ3) is 5.27. The standard InChI is InChI=1S/C16H24N2O4/c1-13-11-17(12-14(2)22-13)9-3-4-10-21-16-7-5-15(6-8-16)18(19)20/h5-8,13-14H,3-4,9-12H2,1-2H3/t13-,14-/m1/s1. The van der Waals surface area contributed by atoms with Crippen LogP contribution in [0, 0.1) is 10.1 Å². The van der Waals surface area contributed by atoms with Crippen LogP contribution >= 0.6 is 0 Å². The van der Waals surface area contributed by atoms with E-state index in [4.69, 9.17) is 9.47 Å². The molecule has 1 aromatic rings. The van der Waals surface area contributed by atoms with Gasteiger partial charge in [-0.15, -0.1) is 0 Å². The van der Waals surface area contributed by atoms with Gasteiger partial charge < -0.3 is 9.47 Å². The molecule has 1 saturated heterocycles. The number of ether oxygens (including phenoxy) is 2. The maximum Gasteiger partial charge on any atom is 0.269 e. The van der Waals surface area contributed by atoms with Crippen LogP contribution in [0.5, 0.6) is 5.75 Å². The summed E-state index contributed by atoms with van der Waals surface area (Å²) in [5, 5.41) is 10.6. The Morgan fingerprint density at radius 1 is 1.23 bits per heavy atom. The first-order chi connectivity index (χ1) is 10.5. The number of hydrogen-bond acceptors (Lipinski definition) is 5. The Balaban J connectivity index is 1.62. The summed E-state index contributed by atoms with van der Waals surface area (Å²) >= 11 is 0. The number of rotatable bonds is 7. The summed E-state index contributed by atoms with van der Waals surface area (Å²) < 4.78 is 11.3. The molecule has 1 aliphatic rings. The summed E-state index contributed by atoms with van der Waals surface area (Å²) in [4.78, 5) is 12.6. The number of nitro groups is 1. The van der Waals surface area contributed by atoms with Crippen LogP contribution in [0.25, 0.3) is 0 Å². The van der Waals surface area contributed by atoms with Gasteiger partial charge in [0.2, 0.25) is 0 Å². The molecule has 0 radical (unpaired) electrons. The predicted molar refractivity (Wildman–Crippen MR) is 84.3 cm³/mol. The van der Waals surface area contributed by atoms with Crippen molar-refractivity contribution in [3.63, 3.8) is 0 Å². The molecule has 0 bridgehead atoms. The van der Waals surface area contributed by atoms with Crippen molar-refractivity contribution in [1.29, 1.82) is 0 Å². The van der Waals surface area contributed by atoms with Gasteiger partial charge in [-0.3, -0.25) is 15.0 Å². The van der Waals surface area contributed by atoms with Gasteiger partial charge in [0, 0.05) is 25.2 Å². The first-order valence-electron chi connectivity index (χ1n) is 7.79. The molecular formula is C16H24N2O4. The molecule has 0 unspecified atom stereocenters. The summed E-state index contributed by atoms with van der Waals surface area (Å²) in [6.07, 6.45) is 2.66. The molecule has 1 aromatic carbocycles. The molecule has 1 fully saturated rings. The van der Waals surface area contributed by atoms with Crippen LogP contribution < -0.4 is 4.74 Å². The molecule has 0 spiro atoms. The lowest BCUT2D eigenvalue weighted by atomic mass is 10.2. The quantitative estimate of drug-likeness (QED) is 0.440. The molecule has 0 aromatic heterocycles. The molecular weight excluding hydrogens is 284 g/mol. The third-order valence-corrected chi connectivity index (χ3v) is 3.68. The maximum atomic E-state index is 10.6. The Morgan fingerprint density at radius 2 is 1.86 bits per heavy atom. The summed E-state index contributed by atoms with van der Waals surface area (Å²) in [6, 6.07) is 6.21. The highest BCUT2D eigenvalue weighted by molar-refractivity contribution is 5.35. The molecule has 6 nitrogen and oxygen atoms in total. The largest absolute Gasteiger partial charge is 0.494 e. The Hall–Kier alpha value is -1.66. The Morgan fingerprint density at radius 3 is 2.45 bits per heavy atom. The van der Waals surface area contributed by atoms with Crippen molar-refractivity contribution in [2.24, 2.45) is 0 Å². The number of morpholine rings is 1. The molecule has 0 saturated carbocycles. The van der Waals surface area contributed by atoms with E-state index in [9.17, 15) is 10.1 Å². The van der Waals surface area contributed by atoms with Gasteiger partial charge in [-0.05, 0) is 45.4 Å². The Bertz CT molecular complexity index is 468. The van der Waals surface area contributed by atoms with Crippen molar-refractivity contribution in [3.05, 3.63) is 34.4 Å². The lowest BCUT2D eigenvalue weighted by Gasteiger charge is -2.35. The van der Waals surface area contributed by atoms with Crippen LogP contribution in [0.4, 0.5) is 5.69 Å². The number of hydrogen-bond donors (Lipinski definition) is 0. The van der Waals surface area contributed by atoms with Crippen LogP contribution in [-0.2, 0) is 4.74 Å². The zero-order valence-corrected chi connectivity index (χ0v) is 13.2. The second-order valence-corrected chi connectivity index (χ2v) is 5.82. The van der Waals surface area contributed by atoms with E-state index in [0.29, 0.717) is 24.6 Å². The fourth-order valence-electron chi connectivity index (χ4n) is 2.76. The number of nitrogens with zero attached hydrogens (tertiary/aromatic N) is 2. The van der Waals surface area contributed by atoms with Gasteiger partial charge in [0.25, 0.3) is 5.69 Å². The molecule has 1 aliphatic heterocycles. The first kappa shape index (κ1) is 16.7.